The highest BCUT2D eigenvalue weighted by atomic mass is 32.2. The maximum Gasteiger partial charge on any atom is 0.226 e. The highest BCUT2D eigenvalue weighted by Gasteiger charge is 2.27. The van der Waals surface area contributed by atoms with Crippen molar-refractivity contribution < 1.29 is 4.79 Å². The maximum atomic E-state index is 12.7. The number of carbonyl (C=O) groups is 1. The van der Waals surface area contributed by atoms with Crippen LogP contribution in [0.4, 0.5) is 0 Å². The van der Waals surface area contributed by atoms with Crippen molar-refractivity contribution in [2.24, 2.45) is 5.92 Å². The molecule has 1 saturated heterocycles. The average molecular weight is 277 g/mol. The second-order valence-electron chi connectivity index (χ2n) is 5.43. The van der Waals surface area contributed by atoms with E-state index in [2.05, 4.69) is 26.0 Å². The van der Waals surface area contributed by atoms with E-state index in [9.17, 15) is 4.79 Å². The molecule has 0 radical (unpaired) electrons. The molecule has 0 aliphatic carbocycles. The van der Waals surface area contributed by atoms with Gasteiger partial charge in [-0.25, -0.2) is 0 Å². The number of amides is 1. The highest BCUT2D eigenvalue weighted by Crippen LogP contribution is 2.25. The first-order valence-corrected chi connectivity index (χ1v) is 8.26. The number of carbonyl (C=O) groups excluding carboxylic acids is 1. The van der Waals surface area contributed by atoms with Gasteiger partial charge in [-0.2, -0.15) is 11.8 Å². The second kappa shape index (κ2) is 6.99. The molecular formula is C16H23NOS. The fraction of sp³-hybridized carbons (Fsp3) is 0.562. The molecule has 1 heterocycles. The number of rotatable bonds is 4. The minimum absolute atomic E-state index is 0.243. The molecule has 3 heteroatoms. The van der Waals surface area contributed by atoms with Crippen molar-refractivity contribution in [2.75, 3.05) is 11.5 Å². The van der Waals surface area contributed by atoms with Crippen LogP contribution in [0.5, 0.6) is 0 Å². The smallest absolute Gasteiger partial charge is 0.226 e. The predicted molar refractivity (Wildman–Crippen MR) is 82.2 cm³/mol. The summed E-state index contributed by atoms with van der Waals surface area (Å²) in [5, 5.41) is 0. The molecule has 0 N–H and O–H groups in total. The second-order valence-corrected chi connectivity index (χ2v) is 6.66. The fourth-order valence-electron chi connectivity index (χ4n) is 2.47. The van der Waals surface area contributed by atoms with Crippen LogP contribution in [0.15, 0.2) is 30.3 Å². The van der Waals surface area contributed by atoms with Crippen LogP contribution in [0, 0.1) is 5.92 Å². The van der Waals surface area contributed by atoms with Gasteiger partial charge in [0.15, 0.2) is 0 Å². The highest BCUT2D eigenvalue weighted by molar-refractivity contribution is 7.99. The Morgan fingerprint density at radius 3 is 2.47 bits per heavy atom. The molecule has 19 heavy (non-hydrogen) atoms. The van der Waals surface area contributed by atoms with Crippen LogP contribution in [0.3, 0.4) is 0 Å². The molecule has 0 saturated carbocycles. The lowest BCUT2D eigenvalue weighted by Crippen LogP contribution is -2.41. The fourth-order valence-corrected chi connectivity index (χ4v) is 3.58. The summed E-state index contributed by atoms with van der Waals surface area (Å²) in [6, 6.07) is 10.6. The van der Waals surface area contributed by atoms with E-state index in [4.69, 9.17) is 0 Å². The summed E-state index contributed by atoms with van der Waals surface area (Å²) in [5.74, 6) is 2.85. The number of hydrogen-bond acceptors (Lipinski definition) is 2. The Labute approximate surface area is 120 Å². The first-order chi connectivity index (χ1) is 9.18. The van der Waals surface area contributed by atoms with Gasteiger partial charge in [-0.1, -0.05) is 30.3 Å². The Hall–Kier alpha value is -0.960. The normalized spacial score (nSPS) is 16.6. The van der Waals surface area contributed by atoms with Gasteiger partial charge in [0.05, 0.1) is 0 Å². The number of benzene rings is 1. The van der Waals surface area contributed by atoms with E-state index in [0.717, 1.165) is 30.9 Å². The molecule has 0 bridgehead atoms. The third-order valence-corrected chi connectivity index (χ3v) is 4.72. The van der Waals surface area contributed by atoms with E-state index in [1.54, 1.807) is 0 Å². The summed E-state index contributed by atoms with van der Waals surface area (Å²) in [7, 11) is 0. The first kappa shape index (κ1) is 14.4. The molecule has 1 fully saturated rings. The third kappa shape index (κ3) is 4.00. The summed E-state index contributed by atoms with van der Waals surface area (Å²) < 4.78 is 0. The third-order valence-electron chi connectivity index (χ3n) is 3.67. The molecule has 2 rings (SSSR count). The van der Waals surface area contributed by atoms with Gasteiger partial charge in [0.25, 0.3) is 0 Å². The van der Waals surface area contributed by atoms with Gasteiger partial charge in [-0.15, -0.1) is 0 Å². The van der Waals surface area contributed by atoms with E-state index in [-0.39, 0.29) is 12.0 Å². The Kier molecular flexibility index (Phi) is 5.32. The lowest BCUT2D eigenvalue weighted by Gasteiger charge is -2.32. The van der Waals surface area contributed by atoms with Crippen molar-refractivity contribution in [1.82, 2.24) is 4.90 Å². The Balaban J connectivity index is 2.04. The van der Waals surface area contributed by atoms with E-state index in [1.807, 2.05) is 34.9 Å². The molecule has 0 atom stereocenters. The topological polar surface area (TPSA) is 20.3 Å². The molecular weight excluding hydrogens is 254 g/mol. The van der Waals surface area contributed by atoms with E-state index in [1.165, 1.54) is 5.56 Å². The van der Waals surface area contributed by atoms with Gasteiger partial charge in [-0.05, 0) is 43.8 Å². The minimum atomic E-state index is 0.243. The zero-order chi connectivity index (χ0) is 13.7. The summed E-state index contributed by atoms with van der Waals surface area (Å²) in [6.07, 6.45) is 2.09. The van der Waals surface area contributed by atoms with Crippen molar-refractivity contribution in [1.29, 1.82) is 0 Å². The lowest BCUT2D eigenvalue weighted by molar-refractivity contribution is -0.138. The first-order valence-electron chi connectivity index (χ1n) is 7.10. The van der Waals surface area contributed by atoms with Gasteiger partial charge in [-0.3, -0.25) is 4.79 Å². The zero-order valence-corrected chi connectivity index (χ0v) is 12.7. The van der Waals surface area contributed by atoms with Crippen LogP contribution in [0.25, 0.3) is 0 Å². The molecule has 1 aromatic carbocycles. The van der Waals surface area contributed by atoms with Crippen LogP contribution in [0.1, 0.15) is 32.3 Å². The van der Waals surface area contributed by atoms with Crippen molar-refractivity contribution >= 4 is 17.7 Å². The summed E-state index contributed by atoms with van der Waals surface area (Å²) in [4.78, 5) is 14.7. The quantitative estimate of drug-likeness (QED) is 0.838. The molecule has 1 aromatic rings. The molecule has 1 amide bonds. The Morgan fingerprint density at radius 2 is 1.89 bits per heavy atom. The van der Waals surface area contributed by atoms with Gasteiger partial charge >= 0.3 is 0 Å². The van der Waals surface area contributed by atoms with Crippen LogP contribution in [0.2, 0.25) is 0 Å². The van der Waals surface area contributed by atoms with Gasteiger partial charge in [0.2, 0.25) is 5.91 Å². The average Bonchev–Trinajstić information content (AvgIpc) is 2.46. The maximum absolute atomic E-state index is 12.7. The molecule has 0 aromatic heterocycles. The summed E-state index contributed by atoms with van der Waals surface area (Å²) in [5.41, 5.74) is 1.22. The predicted octanol–water partition coefficient (Wildman–Crippen LogP) is 3.57. The summed E-state index contributed by atoms with van der Waals surface area (Å²) >= 11 is 1.97. The zero-order valence-electron chi connectivity index (χ0n) is 11.8. The molecule has 1 aliphatic heterocycles. The van der Waals surface area contributed by atoms with Crippen molar-refractivity contribution in [3.8, 4) is 0 Å². The minimum Gasteiger partial charge on any atom is -0.336 e. The summed E-state index contributed by atoms with van der Waals surface area (Å²) in [6.45, 7) is 4.96. The van der Waals surface area contributed by atoms with Gasteiger partial charge in [0.1, 0.15) is 0 Å². The molecule has 0 spiro atoms. The lowest BCUT2D eigenvalue weighted by atomic mass is 10.00. The van der Waals surface area contributed by atoms with Gasteiger partial charge in [0, 0.05) is 18.5 Å². The Morgan fingerprint density at radius 1 is 1.26 bits per heavy atom. The number of thioether (sulfide) groups is 1. The SMILES string of the molecule is CC(C)N(Cc1ccccc1)C(=O)C1CCSCC1. The Bertz CT molecular complexity index is 398. The molecule has 0 unspecified atom stereocenters. The van der Waals surface area contributed by atoms with Gasteiger partial charge < -0.3 is 4.90 Å². The van der Waals surface area contributed by atoms with Crippen molar-refractivity contribution in [3.05, 3.63) is 35.9 Å². The van der Waals surface area contributed by atoms with E-state index in [0.29, 0.717) is 5.91 Å². The van der Waals surface area contributed by atoms with Crippen LogP contribution in [-0.2, 0) is 11.3 Å². The van der Waals surface area contributed by atoms with E-state index >= 15 is 0 Å². The van der Waals surface area contributed by atoms with E-state index < -0.39 is 0 Å². The van der Waals surface area contributed by atoms with Crippen molar-refractivity contribution in [3.63, 3.8) is 0 Å². The molecule has 104 valence electrons. The van der Waals surface area contributed by atoms with Crippen molar-refractivity contribution in [2.45, 2.75) is 39.3 Å². The largest absolute Gasteiger partial charge is 0.336 e. The van der Waals surface area contributed by atoms with Crippen LogP contribution < -0.4 is 0 Å². The number of hydrogen-bond donors (Lipinski definition) is 0. The monoisotopic (exact) mass is 277 g/mol. The standard InChI is InChI=1S/C16H23NOS/c1-13(2)17(12-14-6-4-3-5-7-14)16(18)15-8-10-19-11-9-15/h3-7,13,15H,8-12H2,1-2H3. The molecule has 1 aliphatic rings. The van der Waals surface area contributed by atoms with Crippen LogP contribution >= 0.6 is 11.8 Å². The molecule has 2 nitrogen and oxygen atoms in total. The van der Waals surface area contributed by atoms with Crippen LogP contribution in [-0.4, -0.2) is 28.4 Å². The number of nitrogens with zero attached hydrogens (tertiary/aromatic N) is 1.